The third kappa shape index (κ3) is 4.56. The number of unbranched alkanes of at least 4 members (excludes halogenated alkanes) is 1. The van der Waals surface area contributed by atoms with Gasteiger partial charge < -0.3 is 0 Å². The molecule has 0 fully saturated rings. The molecule has 0 atom stereocenters. The second-order valence-corrected chi connectivity index (χ2v) is 6.28. The zero-order valence-electron chi connectivity index (χ0n) is 14.6. The monoisotopic (exact) mass is 307 g/mol. The molecule has 3 rings (SSSR count). The van der Waals surface area contributed by atoms with Gasteiger partial charge in [0.05, 0.1) is 0 Å². The van der Waals surface area contributed by atoms with E-state index in [0.29, 0.717) is 0 Å². The lowest BCUT2D eigenvalue weighted by Crippen LogP contribution is -2.15. The van der Waals surface area contributed by atoms with E-state index in [0.717, 1.165) is 19.6 Å². The Bertz CT molecular complexity index is 615. The van der Waals surface area contributed by atoms with Crippen molar-refractivity contribution in [1.29, 1.82) is 0 Å². The molecule has 2 aromatic carbocycles. The Labute approximate surface area is 141 Å². The predicted octanol–water partition coefficient (Wildman–Crippen LogP) is 5.66. The van der Waals surface area contributed by atoms with E-state index in [1.165, 1.54) is 36.0 Å². The quantitative estimate of drug-likeness (QED) is 0.645. The minimum absolute atomic E-state index is 1.05. The molecule has 1 aliphatic heterocycles. The molecule has 1 heteroatoms. The van der Waals surface area contributed by atoms with Crippen molar-refractivity contribution in [1.82, 2.24) is 4.90 Å². The van der Waals surface area contributed by atoms with E-state index in [9.17, 15) is 0 Å². The molecule has 1 heterocycles. The summed E-state index contributed by atoms with van der Waals surface area (Å²) in [6.07, 6.45) is 3.80. The van der Waals surface area contributed by atoms with Gasteiger partial charge in [-0.25, -0.2) is 0 Å². The molecule has 0 N–H and O–H groups in total. The second-order valence-electron chi connectivity index (χ2n) is 6.28. The number of hydrogen-bond donors (Lipinski definition) is 0. The molecule has 2 aromatic rings. The smallest absolute Gasteiger partial charge is 0.0244 e. The molecule has 0 radical (unpaired) electrons. The van der Waals surface area contributed by atoms with E-state index in [1.807, 2.05) is 0 Å². The van der Waals surface area contributed by atoms with E-state index < -0.39 is 0 Å². The zero-order chi connectivity index (χ0) is 16.7. The van der Waals surface area contributed by atoms with Gasteiger partial charge in [-0.2, -0.15) is 0 Å². The summed E-state index contributed by atoms with van der Waals surface area (Å²) in [4.78, 5) is 2.54. The minimum Gasteiger partial charge on any atom is -0.291 e. The SMILES string of the molecule is C=C.CCCCc1cc2c(cc1C)CN(Cc1ccccc1)C2. The first-order valence-corrected chi connectivity index (χ1v) is 8.64. The van der Waals surface area contributed by atoms with Crippen molar-refractivity contribution in [2.75, 3.05) is 0 Å². The molecule has 122 valence electrons. The fraction of sp³-hybridized carbons (Fsp3) is 0.364. The van der Waals surface area contributed by atoms with Crippen LogP contribution in [0.5, 0.6) is 0 Å². The molecule has 1 aliphatic rings. The van der Waals surface area contributed by atoms with Crippen LogP contribution in [-0.4, -0.2) is 4.90 Å². The lowest BCUT2D eigenvalue weighted by atomic mass is 9.97. The number of nitrogens with zero attached hydrogens (tertiary/aromatic N) is 1. The van der Waals surface area contributed by atoms with Gasteiger partial charge in [-0.3, -0.25) is 4.90 Å². The first kappa shape index (κ1) is 17.5. The number of fused-ring (bicyclic) bond motifs is 1. The number of benzene rings is 2. The van der Waals surface area contributed by atoms with Gasteiger partial charge in [-0.15, -0.1) is 13.2 Å². The lowest BCUT2D eigenvalue weighted by molar-refractivity contribution is 0.275. The van der Waals surface area contributed by atoms with Crippen LogP contribution in [0, 0.1) is 6.92 Å². The van der Waals surface area contributed by atoms with Crippen LogP contribution in [0.1, 0.15) is 47.6 Å². The van der Waals surface area contributed by atoms with Crippen LogP contribution in [0.3, 0.4) is 0 Å². The standard InChI is InChI=1S/C20H25N.C2H4/c1-3-4-10-18-12-20-15-21(14-19(20)11-16(18)2)13-17-8-6-5-7-9-17;1-2/h5-9,11-12H,3-4,10,13-15H2,1-2H3;1-2H2. The molecule has 0 aliphatic carbocycles. The fourth-order valence-corrected chi connectivity index (χ4v) is 3.29. The summed E-state index contributed by atoms with van der Waals surface area (Å²) in [6, 6.07) is 15.7. The molecule has 0 saturated heterocycles. The van der Waals surface area contributed by atoms with Crippen LogP contribution in [-0.2, 0) is 26.1 Å². The van der Waals surface area contributed by atoms with E-state index in [2.05, 4.69) is 74.4 Å². The average molecular weight is 307 g/mol. The van der Waals surface area contributed by atoms with Crippen molar-refractivity contribution in [2.24, 2.45) is 0 Å². The van der Waals surface area contributed by atoms with E-state index >= 15 is 0 Å². The maximum atomic E-state index is 3.00. The van der Waals surface area contributed by atoms with Gasteiger partial charge in [-0.1, -0.05) is 55.8 Å². The Morgan fingerprint density at radius 3 is 2.30 bits per heavy atom. The van der Waals surface area contributed by atoms with Crippen molar-refractivity contribution in [3.05, 3.63) is 83.4 Å². The van der Waals surface area contributed by atoms with Gasteiger partial charge in [0.25, 0.3) is 0 Å². The summed E-state index contributed by atoms with van der Waals surface area (Å²) in [5, 5.41) is 0. The summed E-state index contributed by atoms with van der Waals surface area (Å²) in [7, 11) is 0. The Kier molecular flexibility index (Phi) is 6.61. The minimum atomic E-state index is 1.05. The maximum absolute atomic E-state index is 3.00. The highest BCUT2D eigenvalue weighted by Crippen LogP contribution is 2.28. The summed E-state index contributed by atoms with van der Waals surface area (Å²) in [5.74, 6) is 0. The van der Waals surface area contributed by atoms with Crippen molar-refractivity contribution in [3.63, 3.8) is 0 Å². The highest BCUT2D eigenvalue weighted by Gasteiger charge is 2.20. The van der Waals surface area contributed by atoms with Crippen LogP contribution in [0.2, 0.25) is 0 Å². The number of rotatable bonds is 5. The number of hydrogen-bond acceptors (Lipinski definition) is 1. The van der Waals surface area contributed by atoms with Gasteiger partial charge in [-0.05, 0) is 47.6 Å². The van der Waals surface area contributed by atoms with Gasteiger partial charge in [0.1, 0.15) is 0 Å². The molecule has 0 saturated carbocycles. The van der Waals surface area contributed by atoms with Crippen LogP contribution < -0.4 is 0 Å². The summed E-state index contributed by atoms with van der Waals surface area (Å²) >= 11 is 0. The Morgan fingerprint density at radius 2 is 1.65 bits per heavy atom. The van der Waals surface area contributed by atoms with Crippen molar-refractivity contribution in [2.45, 2.75) is 52.7 Å². The Morgan fingerprint density at radius 1 is 1.00 bits per heavy atom. The van der Waals surface area contributed by atoms with E-state index in [-0.39, 0.29) is 0 Å². The van der Waals surface area contributed by atoms with E-state index in [1.54, 1.807) is 11.1 Å². The van der Waals surface area contributed by atoms with Crippen LogP contribution >= 0.6 is 0 Å². The molecular weight excluding hydrogens is 278 g/mol. The summed E-state index contributed by atoms with van der Waals surface area (Å²) in [6.45, 7) is 13.8. The predicted molar refractivity (Wildman–Crippen MR) is 100 cm³/mol. The molecule has 0 bridgehead atoms. The number of aryl methyl sites for hydroxylation is 2. The fourth-order valence-electron chi connectivity index (χ4n) is 3.29. The van der Waals surface area contributed by atoms with Crippen LogP contribution in [0.25, 0.3) is 0 Å². The normalized spacial score (nSPS) is 13.3. The zero-order valence-corrected chi connectivity index (χ0v) is 14.6. The first-order valence-electron chi connectivity index (χ1n) is 8.64. The van der Waals surface area contributed by atoms with Gasteiger partial charge in [0, 0.05) is 19.6 Å². The Hall–Kier alpha value is -1.86. The first-order chi connectivity index (χ1) is 11.3. The summed E-state index contributed by atoms with van der Waals surface area (Å²) < 4.78 is 0. The third-order valence-corrected chi connectivity index (χ3v) is 4.49. The maximum Gasteiger partial charge on any atom is 0.0244 e. The molecule has 0 amide bonds. The molecule has 0 unspecified atom stereocenters. The molecule has 1 nitrogen and oxygen atoms in total. The van der Waals surface area contributed by atoms with Crippen LogP contribution in [0.15, 0.2) is 55.6 Å². The van der Waals surface area contributed by atoms with Crippen molar-refractivity contribution < 1.29 is 0 Å². The highest BCUT2D eigenvalue weighted by atomic mass is 15.1. The molecular formula is C22H29N. The molecule has 0 spiro atoms. The molecule has 0 aromatic heterocycles. The Balaban J connectivity index is 0.000000924. The van der Waals surface area contributed by atoms with Crippen molar-refractivity contribution in [3.8, 4) is 0 Å². The average Bonchev–Trinajstić information content (AvgIpc) is 2.96. The highest BCUT2D eigenvalue weighted by molar-refractivity contribution is 5.40. The topological polar surface area (TPSA) is 3.24 Å². The second kappa shape index (κ2) is 8.69. The van der Waals surface area contributed by atoms with Gasteiger partial charge in [0.2, 0.25) is 0 Å². The lowest BCUT2D eigenvalue weighted by Gasteiger charge is -2.14. The van der Waals surface area contributed by atoms with Crippen LogP contribution in [0.4, 0.5) is 0 Å². The summed E-state index contributed by atoms with van der Waals surface area (Å²) in [5.41, 5.74) is 7.51. The molecule has 23 heavy (non-hydrogen) atoms. The van der Waals surface area contributed by atoms with Crippen molar-refractivity contribution >= 4 is 0 Å². The third-order valence-electron chi connectivity index (χ3n) is 4.49. The van der Waals surface area contributed by atoms with Gasteiger partial charge >= 0.3 is 0 Å². The van der Waals surface area contributed by atoms with Gasteiger partial charge in [0.15, 0.2) is 0 Å². The largest absolute Gasteiger partial charge is 0.291 e. The van der Waals surface area contributed by atoms with E-state index in [4.69, 9.17) is 0 Å².